The van der Waals surface area contributed by atoms with Crippen molar-refractivity contribution in [2.75, 3.05) is 13.1 Å². The summed E-state index contributed by atoms with van der Waals surface area (Å²) < 4.78 is 25.2. The highest BCUT2D eigenvalue weighted by Gasteiger charge is 2.28. The van der Waals surface area contributed by atoms with Crippen molar-refractivity contribution in [2.45, 2.75) is 51.1 Å². The van der Waals surface area contributed by atoms with E-state index in [9.17, 15) is 8.78 Å². The van der Waals surface area contributed by atoms with Gasteiger partial charge in [-0.3, -0.25) is 4.90 Å². The van der Waals surface area contributed by atoms with Crippen LogP contribution in [0.1, 0.15) is 56.2 Å². The Kier molecular flexibility index (Phi) is 5.49. The van der Waals surface area contributed by atoms with E-state index in [1.807, 2.05) is 0 Å². The molecule has 0 amide bonds. The highest BCUT2D eigenvalue weighted by Crippen LogP contribution is 2.30. The van der Waals surface area contributed by atoms with Crippen LogP contribution in [-0.4, -0.2) is 24.0 Å². The molecule has 112 valence electrons. The van der Waals surface area contributed by atoms with Crippen LogP contribution < -0.4 is 5.73 Å². The van der Waals surface area contributed by atoms with Crippen molar-refractivity contribution < 1.29 is 8.78 Å². The van der Waals surface area contributed by atoms with Crippen molar-refractivity contribution in [3.05, 3.63) is 35.4 Å². The molecule has 0 spiro atoms. The number of likely N-dealkylation sites (tertiary alicyclic amines) is 1. The number of nitrogens with two attached hydrogens (primary N) is 1. The number of piperidine rings is 1. The van der Waals surface area contributed by atoms with Crippen LogP contribution in [0.4, 0.5) is 8.78 Å². The lowest BCUT2D eigenvalue weighted by Gasteiger charge is -2.41. The second kappa shape index (κ2) is 7.14. The summed E-state index contributed by atoms with van der Waals surface area (Å²) in [5.74, 6) is 0. The molecule has 0 aliphatic carbocycles. The lowest BCUT2D eigenvalue weighted by Crippen LogP contribution is -2.44. The van der Waals surface area contributed by atoms with Crippen LogP contribution in [0.2, 0.25) is 0 Å². The normalized spacial score (nSPS) is 22.1. The van der Waals surface area contributed by atoms with Crippen molar-refractivity contribution in [3.8, 4) is 0 Å². The summed E-state index contributed by atoms with van der Waals surface area (Å²) >= 11 is 0. The van der Waals surface area contributed by atoms with Crippen LogP contribution >= 0.6 is 0 Å². The molecule has 0 saturated carbocycles. The Morgan fingerprint density at radius 3 is 2.40 bits per heavy atom. The van der Waals surface area contributed by atoms with Crippen LogP contribution in [0.15, 0.2) is 24.3 Å². The number of rotatable bonds is 5. The summed E-state index contributed by atoms with van der Waals surface area (Å²) in [5.41, 5.74) is 7.09. The molecule has 1 heterocycles. The summed E-state index contributed by atoms with van der Waals surface area (Å²) in [6, 6.07) is 7.36. The van der Waals surface area contributed by atoms with Crippen LogP contribution in [0.25, 0.3) is 0 Å². The van der Waals surface area contributed by atoms with E-state index in [1.54, 1.807) is 12.1 Å². The van der Waals surface area contributed by atoms with E-state index in [-0.39, 0.29) is 11.6 Å². The first-order valence-corrected chi connectivity index (χ1v) is 7.51. The number of alkyl halides is 2. The predicted octanol–water partition coefficient (Wildman–Crippen LogP) is 3.89. The third-order valence-electron chi connectivity index (χ3n) is 4.34. The summed E-state index contributed by atoms with van der Waals surface area (Å²) in [4.78, 5) is 2.46. The van der Waals surface area contributed by atoms with E-state index in [0.29, 0.717) is 12.6 Å². The molecule has 2 N–H and O–H groups in total. The summed E-state index contributed by atoms with van der Waals surface area (Å²) in [6.45, 7) is 3.79. The fourth-order valence-corrected chi connectivity index (χ4v) is 3.20. The molecule has 1 aromatic carbocycles. The van der Waals surface area contributed by atoms with Gasteiger partial charge in [-0.15, -0.1) is 0 Å². The lowest BCUT2D eigenvalue weighted by atomic mass is 9.94. The zero-order chi connectivity index (χ0) is 14.5. The van der Waals surface area contributed by atoms with Crippen molar-refractivity contribution in [1.29, 1.82) is 0 Å². The van der Waals surface area contributed by atoms with Gasteiger partial charge in [-0.1, -0.05) is 37.6 Å². The van der Waals surface area contributed by atoms with Crippen molar-refractivity contribution >= 4 is 0 Å². The maximum Gasteiger partial charge on any atom is 0.263 e. The van der Waals surface area contributed by atoms with Gasteiger partial charge in [0, 0.05) is 24.2 Å². The van der Waals surface area contributed by atoms with E-state index >= 15 is 0 Å². The highest BCUT2D eigenvalue weighted by molar-refractivity contribution is 5.26. The van der Waals surface area contributed by atoms with Gasteiger partial charge in [0.15, 0.2) is 0 Å². The number of hydrogen-bond donors (Lipinski definition) is 1. The Balaban J connectivity index is 2.17. The molecule has 1 aliphatic rings. The average molecular weight is 282 g/mol. The average Bonchev–Trinajstić information content (AvgIpc) is 2.49. The number of hydrogen-bond acceptors (Lipinski definition) is 2. The van der Waals surface area contributed by atoms with E-state index in [0.717, 1.165) is 18.5 Å². The highest BCUT2D eigenvalue weighted by atomic mass is 19.3. The fraction of sp³-hybridized carbons (Fsp3) is 0.625. The molecule has 2 rings (SSSR count). The van der Waals surface area contributed by atoms with E-state index in [4.69, 9.17) is 5.73 Å². The third kappa shape index (κ3) is 3.36. The predicted molar refractivity (Wildman–Crippen MR) is 77.8 cm³/mol. The first-order valence-electron chi connectivity index (χ1n) is 7.51. The lowest BCUT2D eigenvalue weighted by molar-refractivity contribution is 0.0948. The molecule has 1 aromatic rings. The van der Waals surface area contributed by atoms with E-state index in [2.05, 4.69) is 11.8 Å². The Morgan fingerprint density at radius 1 is 1.20 bits per heavy atom. The van der Waals surface area contributed by atoms with Gasteiger partial charge in [-0.05, 0) is 31.4 Å². The zero-order valence-corrected chi connectivity index (χ0v) is 12.1. The molecule has 1 saturated heterocycles. The van der Waals surface area contributed by atoms with Gasteiger partial charge in [-0.25, -0.2) is 8.78 Å². The monoisotopic (exact) mass is 282 g/mol. The second-order valence-electron chi connectivity index (χ2n) is 5.51. The standard InChI is InChI=1S/C16H24F2N2/c1-2-14-5-3-4-10-20(14)15(11-19)12-6-8-13(9-7-12)16(17)18/h6-9,14-16H,2-5,10-11,19H2,1H3. The molecule has 4 heteroatoms. The SMILES string of the molecule is CCC1CCCCN1C(CN)c1ccc(C(F)F)cc1. The summed E-state index contributed by atoms with van der Waals surface area (Å²) in [7, 11) is 0. The zero-order valence-electron chi connectivity index (χ0n) is 12.1. The van der Waals surface area contributed by atoms with Gasteiger partial charge in [0.25, 0.3) is 6.43 Å². The molecule has 2 unspecified atom stereocenters. The van der Waals surface area contributed by atoms with Gasteiger partial charge in [-0.2, -0.15) is 0 Å². The third-order valence-corrected chi connectivity index (χ3v) is 4.34. The first-order chi connectivity index (χ1) is 9.67. The van der Waals surface area contributed by atoms with Crippen molar-refractivity contribution in [2.24, 2.45) is 5.73 Å². The molecule has 2 atom stereocenters. The number of nitrogens with zero attached hydrogens (tertiary/aromatic N) is 1. The molecule has 1 fully saturated rings. The van der Waals surface area contributed by atoms with Crippen LogP contribution in [0.5, 0.6) is 0 Å². The number of halogens is 2. The van der Waals surface area contributed by atoms with Crippen LogP contribution in [0, 0.1) is 0 Å². The van der Waals surface area contributed by atoms with Crippen molar-refractivity contribution in [1.82, 2.24) is 4.90 Å². The van der Waals surface area contributed by atoms with Crippen molar-refractivity contribution in [3.63, 3.8) is 0 Å². The van der Waals surface area contributed by atoms with Gasteiger partial charge in [0.1, 0.15) is 0 Å². The molecule has 0 aromatic heterocycles. The molecule has 20 heavy (non-hydrogen) atoms. The van der Waals surface area contributed by atoms with Gasteiger partial charge < -0.3 is 5.73 Å². The minimum atomic E-state index is -2.40. The molecule has 0 bridgehead atoms. The summed E-state index contributed by atoms with van der Waals surface area (Å²) in [6.07, 6.45) is 2.39. The maximum absolute atomic E-state index is 12.6. The maximum atomic E-state index is 12.6. The second-order valence-corrected chi connectivity index (χ2v) is 5.51. The topological polar surface area (TPSA) is 29.3 Å². The van der Waals surface area contributed by atoms with Crippen LogP contribution in [-0.2, 0) is 0 Å². The first kappa shape index (κ1) is 15.4. The molecule has 0 radical (unpaired) electrons. The largest absolute Gasteiger partial charge is 0.329 e. The smallest absolute Gasteiger partial charge is 0.263 e. The summed E-state index contributed by atoms with van der Waals surface area (Å²) in [5, 5.41) is 0. The van der Waals surface area contributed by atoms with E-state index in [1.165, 1.54) is 31.4 Å². The minimum Gasteiger partial charge on any atom is -0.329 e. The van der Waals surface area contributed by atoms with Crippen LogP contribution in [0.3, 0.4) is 0 Å². The Bertz CT molecular complexity index is 405. The van der Waals surface area contributed by atoms with Gasteiger partial charge in [0.2, 0.25) is 0 Å². The molecule has 1 aliphatic heterocycles. The molecular formula is C16H24F2N2. The molecule has 2 nitrogen and oxygen atoms in total. The fourth-order valence-electron chi connectivity index (χ4n) is 3.20. The minimum absolute atomic E-state index is 0.0789. The quantitative estimate of drug-likeness (QED) is 0.887. The van der Waals surface area contributed by atoms with E-state index < -0.39 is 6.43 Å². The van der Waals surface area contributed by atoms with Gasteiger partial charge in [0.05, 0.1) is 0 Å². The van der Waals surface area contributed by atoms with Gasteiger partial charge >= 0.3 is 0 Å². The number of benzene rings is 1. The Hall–Kier alpha value is -1.00. The molecular weight excluding hydrogens is 258 g/mol. The Labute approximate surface area is 120 Å². The Morgan fingerprint density at radius 2 is 1.85 bits per heavy atom.